The molecule has 0 unspecified atom stereocenters. The van der Waals surface area contributed by atoms with Crippen molar-refractivity contribution < 1.29 is 14.1 Å². The molecule has 0 aromatic carbocycles. The molecule has 2 aromatic heterocycles. The maximum Gasteiger partial charge on any atom is 0.255 e. The zero-order valence-electron chi connectivity index (χ0n) is 12.7. The third kappa shape index (κ3) is 4.05. The Bertz CT molecular complexity index is 605. The summed E-state index contributed by atoms with van der Waals surface area (Å²) in [5.41, 5.74) is 1.23. The monoisotopic (exact) mass is 289 g/mol. The smallest absolute Gasteiger partial charge is 0.255 e. The second kappa shape index (κ2) is 6.39. The number of nitrogens with zero attached hydrogens (tertiary/aromatic N) is 3. The second-order valence-corrected chi connectivity index (χ2v) is 5.14. The summed E-state index contributed by atoms with van der Waals surface area (Å²) in [5.74, 6) is 1.11. The highest BCUT2D eigenvalue weighted by Crippen LogP contribution is 2.12. The van der Waals surface area contributed by atoms with Gasteiger partial charge in [0.05, 0.1) is 18.2 Å². The summed E-state index contributed by atoms with van der Waals surface area (Å²) in [5, 5.41) is 3.87. The molecule has 0 saturated heterocycles. The summed E-state index contributed by atoms with van der Waals surface area (Å²) >= 11 is 0. The SMILES string of the molecule is Cc1cc(CN(C)C(=O)c2ccc(OC(C)C)nc2)no1. The first-order valence-electron chi connectivity index (χ1n) is 6.76. The van der Waals surface area contributed by atoms with Crippen LogP contribution >= 0.6 is 0 Å². The van der Waals surface area contributed by atoms with Crippen LogP contribution < -0.4 is 4.74 Å². The molecule has 6 heteroatoms. The molecule has 0 radical (unpaired) electrons. The summed E-state index contributed by atoms with van der Waals surface area (Å²) in [6, 6.07) is 5.21. The molecule has 2 heterocycles. The molecular weight excluding hydrogens is 270 g/mol. The van der Waals surface area contributed by atoms with Gasteiger partial charge in [0.15, 0.2) is 0 Å². The number of ether oxygens (including phenoxy) is 1. The van der Waals surface area contributed by atoms with Gasteiger partial charge in [0.25, 0.3) is 5.91 Å². The molecule has 0 saturated carbocycles. The standard InChI is InChI=1S/C15H19N3O3/c1-10(2)20-14-6-5-12(8-16-14)15(19)18(4)9-13-7-11(3)21-17-13/h5-8,10H,9H2,1-4H3. The van der Waals surface area contributed by atoms with Crippen LogP contribution in [0.4, 0.5) is 0 Å². The van der Waals surface area contributed by atoms with Crippen molar-refractivity contribution in [2.45, 2.75) is 33.4 Å². The van der Waals surface area contributed by atoms with Crippen LogP contribution in [0.3, 0.4) is 0 Å². The predicted molar refractivity (Wildman–Crippen MR) is 77.0 cm³/mol. The van der Waals surface area contributed by atoms with Gasteiger partial charge in [0, 0.05) is 25.4 Å². The fraction of sp³-hybridized carbons (Fsp3) is 0.400. The van der Waals surface area contributed by atoms with E-state index in [-0.39, 0.29) is 12.0 Å². The molecule has 6 nitrogen and oxygen atoms in total. The van der Waals surface area contributed by atoms with Crippen molar-refractivity contribution in [2.75, 3.05) is 7.05 Å². The number of hydrogen-bond donors (Lipinski definition) is 0. The molecule has 0 spiro atoms. The predicted octanol–water partition coefficient (Wildman–Crippen LogP) is 2.44. The van der Waals surface area contributed by atoms with Gasteiger partial charge in [-0.3, -0.25) is 4.79 Å². The van der Waals surface area contributed by atoms with Gasteiger partial charge in [-0.05, 0) is 26.8 Å². The Hall–Kier alpha value is -2.37. The number of rotatable bonds is 5. The molecule has 0 aliphatic rings. The first-order chi connectivity index (χ1) is 9.95. The Kier molecular flexibility index (Phi) is 4.57. The van der Waals surface area contributed by atoms with E-state index in [1.165, 1.54) is 6.20 Å². The first kappa shape index (κ1) is 15.0. The Morgan fingerprint density at radius 3 is 2.71 bits per heavy atom. The summed E-state index contributed by atoms with van der Waals surface area (Å²) < 4.78 is 10.4. The van der Waals surface area contributed by atoms with Gasteiger partial charge in [0.2, 0.25) is 5.88 Å². The molecule has 0 bridgehead atoms. The van der Waals surface area contributed by atoms with E-state index in [2.05, 4.69) is 10.1 Å². The van der Waals surface area contributed by atoms with E-state index in [4.69, 9.17) is 9.26 Å². The molecule has 0 fully saturated rings. The maximum atomic E-state index is 12.3. The van der Waals surface area contributed by atoms with Crippen molar-refractivity contribution in [2.24, 2.45) is 0 Å². The van der Waals surface area contributed by atoms with E-state index in [1.54, 1.807) is 24.1 Å². The topological polar surface area (TPSA) is 68.5 Å². The number of hydrogen-bond acceptors (Lipinski definition) is 5. The van der Waals surface area contributed by atoms with Crippen molar-refractivity contribution in [3.63, 3.8) is 0 Å². The number of aromatic nitrogens is 2. The number of carbonyl (C=O) groups is 1. The van der Waals surface area contributed by atoms with Crippen molar-refractivity contribution >= 4 is 5.91 Å². The summed E-state index contributed by atoms with van der Waals surface area (Å²) in [7, 11) is 1.71. The minimum Gasteiger partial charge on any atom is -0.475 e. The Morgan fingerprint density at radius 1 is 1.43 bits per heavy atom. The van der Waals surface area contributed by atoms with Crippen LogP contribution in [0.2, 0.25) is 0 Å². The maximum absolute atomic E-state index is 12.3. The number of aryl methyl sites for hydroxylation is 1. The lowest BCUT2D eigenvalue weighted by Crippen LogP contribution is -2.26. The second-order valence-electron chi connectivity index (χ2n) is 5.14. The van der Waals surface area contributed by atoms with E-state index in [1.807, 2.05) is 26.8 Å². The van der Waals surface area contributed by atoms with Gasteiger partial charge in [0.1, 0.15) is 11.5 Å². The van der Waals surface area contributed by atoms with Crippen LogP contribution in [0.25, 0.3) is 0 Å². The van der Waals surface area contributed by atoms with Crippen molar-refractivity contribution in [1.82, 2.24) is 15.0 Å². The highest BCUT2D eigenvalue weighted by atomic mass is 16.5. The number of amides is 1. The number of carbonyl (C=O) groups excluding carboxylic acids is 1. The van der Waals surface area contributed by atoms with Crippen LogP contribution in [0.5, 0.6) is 5.88 Å². The third-order valence-corrected chi connectivity index (χ3v) is 2.76. The van der Waals surface area contributed by atoms with E-state index < -0.39 is 0 Å². The molecule has 21 heavy (non-hydrogen) atoms. The Labute approximate surface area is 123 Å². The fourth-order valence-electron chi connectivity index (χ4n) is 1.85. The van der Waals surface area contributed by atoms with Gasteiger partial charge in [-0.1, -0.05) is 5.16 Å². The highest BCUT2D eigenvalue weighted by molar-refractivity contribution is 5.93. The number of pyridine rings is 1. The van der Waals surface area contributed by atoms with Crippen LogP contribution in [0.1, 0.15) is 35.7 Å². The van der Waals surface area contributed by atoms with Crippen molar-refractivity contribution in [3.8, 4) is 5.88 Å². The lowest BCUT2D eigenvalue weighted by Gasteiger charge is -2.15. The van der Waals surface area contributed by atoms with Crippen molar-refractivity contribution in [1.29, 1.82) is 0 Å². The molecule has 0 N–H and O–H groups in total. The summed E-state index contributed by atoms with van der Waals surface area (Å²) in [6.07, 6.45) is 1.57. The molecule has 0 atom stereocenters. The van der Waals surface area contributed by atoms with Gasteiger partial charge in [-0.25, -0.2) is 4.98 Å². The highest BCUT2D eigenvalue weighted by Gasteiger charge is 2.14. The zero-order valence-corrected chi connectivity index (χ0v) is 12.7. The van der Waals surface area contributed by atoms with E-state index in [0.29, 0.717) is 18.0 Å². The fourth-order valence-corrected chi connectivity index (χ4v) is 1.85. The van der Waals surface area contributed by atoms with E-state index >= 15 is 0 Å². The largest absolute Gasteiger partial charge is 0.475 e. The minimum absolute atomic E-state index is 0.0529. The normalized spacial score (nSPS) is 10.7. The molecule has 112 valence electrons. The van der Waals surface area contributed by atoms with Gasteiger partial charge in [-0.15, -0.1) is 0 Å². The van der Waals surface area contributed by atoms with Crippen LogP contribution in [0, 0.1) is 6.92 Å². The van der Waals surface area contributed by atoms with Crippen LogP contribution in [-0.4, -0.2) is 34.1 Å². The lowest BCUT2D eigenvalue weighted by molar-refractivity contribution is 0.0781. The third-order valence-electron chi connectivity index (χ3n) is 2.76. The summed E-state index contributed by atoms with van der Waals surface area (Å²) in [6.45, 7) is 6.05. The van der Waals surface area contributed by atoms with E-state index in [0.717, 1.165) is 11.5 Å². The molecule has 0 aliphatic heterocycles. The van der Waals surface area contributed by atoms with Crippen LogP contribution in [0.15, 0.2) is 28.9 Å². The van der Waals surface area contributed by atoms with Crippen molar-refractivity contribution in [3.05, 3.63) is 41.4 Å². The molecular formula is C15H19N3O3. The Morgan fingerprint density at radius 2 is 2.19 bits per heavy atom. The molecule has 1 amide bonds. The van der Waals surface area contributed by atoms with Gasteiger partial charge < -0.3 is 14.2 Å². The minimum atomic E-state index is -0.126. The van der Waals surface area contributed by atoms with Crippen LogP contribution in [-0.2, 0) is 6.54 Å². The zero-order chi connectivity index (χ0) is 15.4. The average molecular weight is 289 g/mol. The van der Waals surface area contributed by atoms with Gasteiger partial charge >= 0.3 is 0 Å². The molecule has 0 aliphatic carbocycles. The quantitative estimate of drug-likeness (QED) is 0.845. The average Bonchev–Trinajstić information content (AvgIpc) is 2.83. The summed E-state index contributed by atoms with van der Waals surface area (Å²) in [4.78, 5) is 18.0. The molecule has 2 rings (SSSR count). The van der Waals surface area contributed by atoms with E-state index in [9.17, 15) is 4.79 Å². The first-order valence-corrected chi connectivity index (χ1v) is 6.76. The Balaban J connectivity index is 2.01. The van der Waals surface area contributed by atoms with Gasteiger partial charge in [-0.2, -0.15) is 0 Å². The lowest BCUT2D eigenvalue weighted by atomic mass is 10.2. The molecule has 2 aromatic rings.